The molecule has 0 aliphatic heterocycles. The van der Waals surface area contributed by atoms with Crippen molar-refractivity contribution < 1.29 is 0 Å². The molecule has 108 valence electrons. The van der Waals surface area contributed by atoms with Crippen LogP contribution in [0.15, 0.2) is 64.9 Å². The first-order valence-electron chi connectivity index (χ1n) is 7.01. The number of nitrogens with one attached hydrogen (secondary N) is 1. The van der Waals surface area contributed by atoms with Crippen molar-refractivity contribution in [3.05, 3.63) is 65.1 Å². The lowest BCUT2D eigenvalue weighted by molar-refractivity contribution is 0.889. The Labute approximate surface area is 131 Å². The monoisotopic (exact) mass is 306 g/mol. The minimum Gasteiger partial charge on any atom is -0.361 e. The molecule has 0 bridgehead atoms. The molecule has 4 nitrogen and oxygen atoms in total. The molecule has 0 radical (unpaired) electrons. The molecule has 22 heavy (non-hydrogen) atoms. The summed E-state index contributed by atoms with van der Waals surface area (Å²) >= 11 is 1.64. The molecule has 2 heterocycles. The van der Waals surface area contributed by atoms with Gasteiger partial charge in [-0.2, -0.15) is 5.10 Å². The van der Waals surface area contributed by atoms with Gasteiger partial charge in [-0.1, -0.05) is 41.7 Å². The van der Waals surface area contributed by atoms with E-state index in [1.54, 1.807) is 17.6 Å². The average Bonchev–Trinajstić information content (AvgIpc) is 3.10. The highest BCUT2D eigenvalue weighted by Gasteiger charge is 2.01. The average molecular weight is 306 g/mol. The van der Waals surface area contributed by atoms with Gasteiger partial charge in [-0.25, -0.2) is 0 Å². The van der Waals surface area contributed by atoms with Crippen LogP contribution in [0.2, 0.25) is 0 Å². The fourth-order valence-electron chi connectivity index (χ4n) is 2.52. The van der Waals surface area contributed by atoms with Gasteiger partial charge < -0.3 is 9.55 Å². The van der Waals surface area contributed by atoms with Crippen LogP contribution >= 0.6 is 11.3 Å². The summed E-state index contributed by atoms with van der Waals surface area (Å²) in [5, 5.41) is 9.78. The summed E-state index contributed by atoms with van der Waals surface area (Å²) < 4.78 is 3.28. The molecule has 5 heteroatoms. The van der Waals surface area contributed by atoms with Gasteiger partial charge in [0.1, 0.15) is 0 Å². The maximum absolute atomic E-state index is 4.36. The zero-order valence-corrected chi connectivity index (χ0v) is 12.8. The summed E-state index contributed by atoms with van der Waals surface area (Å²) in [7, 11) is 2.01. The molecule has 0 amide bonds. The first kappa shape index (κ1) is 13.0. The molecule has 2 aromatic heterocycles. The Hall–Kier alpha value is -2.66. The number of benzene rings is 2. The van der Waals surface area contributed by atoms with E-state index in [1.807, 2.05) is 37.5 Å². The standard InChI is InChI=1S/C17H14N4S/c1-21-15-8-4-5-9-16(15)22-17(21)20-19-11-12-10-18-14-7-3-2-6-13(12)14/h2-11,18H,1H3/b19-11+,20-17?. The van der Waals surface area contributed by atoms with Crippen LogP contribution in [0.4, 0.5) is 0 Å². The lowest BCUT2D eigenvalue weighted by Gasteiger charge is -1.92. The van der Waals surface area contributed by atoms with Gasteiger partial charge >= 0.3 is 0 Å². The number of thiazole rings is 1. The number of aryl methyl sites for hydroxylation is 1. The Morgan fingerprint density at radius 3 is 2.82 bits per heavy atom. The third-order valence-electron chi connectivity index (χ3n) is 3.68. The number of para-hydroxylation sites is 2. The summed E-state index contributed by atoms with van der Waals surface area (Å²) in [6.45, 7) is 0. The minimum atomic E-state index is 0.886. The van der Waals surface area contributed by atoms with Gasteiger partial charge in [-0.15, -0.1) is 5.10 Å². The van der Waals surface area contributed by atoms with Gasteiger partial charge in [-0.3, -0.25) is 0 Å². The van der Waals surface area contributed by atoms with Gasteiger partial charge in [0.05, 0.1) is 16.4 Å². The Bertz CT molecular complexity index is 1050. The second kappa shape index (κ2) is 5.27. The Morgan fingerprint density at radius 2 is 1.91 bits per heavy atom. The van der Waals surface area contributed by atoms with E-state index in [-0.39, 0.29) is 0 Å². The fourth-order valence-corrected chi connectivity index (χ4v) is 3.50. The van der Waals surface area contributed by atoms with E-state index >= 15 is 0 Å². The molecule has 4 aromatic rings. The molecule has 1 N–H and O–H groups in total. The first-order valence-corrected chi connectivity index (χ1v) is 7.82. The smallest absolute Gasteiger partial charge is 0.211 e. The van der Waals surface area contributed by atoms with Crippen molar-refractivity contribution in [1.82, 2.24) is 9.55 Å². The molecule has 0 unspecified atom stereocenters. The molecule has 2 aromatic carbocycles. The maximum atomic E-state index is 4.36. The van der Waals surface area contributed by atoms with E-state index in [2.05, 4.69) is 44.0 Å². The topological polar surface area (TPSA) is 45.4 Å². The number of aromatic nitrogens is 2. The zero-order valence-electron chi connectivity index (χ0n) is 12.0. The highest BCUT2D eigenvalue weighted by atomic mass is 32.1. The highest BCUT2D eigenvalue weighted by Crippen LogP contribution is 2.16. The van der Waals surface area contributed by atoms with Gasteiger partial charge in [0.15, 0.2) is 0 Å². The molecule has 0 spiro atoms. The number of hydrogen-bond acceptors (Lipinski definition) is 3. The minimum absolute atomic E-state index is 0.886. The molecule has 0 aliphatic rings. The second-order valence-corrected chi connectivity index (χ2v) is 6.05. The zero-order chi connectivity index (χ0) is 14.9. The molecule has 0 fully saturated rings. The summed E-state index contributed by atoms with van der Waals surface area (Å²) in [6.07, 6.45) is 3.75. The molecule has 0 atom stereocenters. The van der Waals surface area contributed by atoms with E-state index in [0.717, 1.165) is 21.3 Å². The normalized spacial score (nSPS) is 12.9. The van der Waals surface area contributed by atoms with E-state index in [9.17, 15) is 0 Å². The molecular weight excluding hydrogens is 292 g/mol. The Balaban J connectivity index is 1.75. The predicted molar refractivity (Wildman–Crippen MR) is 92.3 cm³/mol. The highest BCUT2D eigenvalue weighted by molar-refractivity contribution is 7.16. The first-order chi connectivity index (χ1) is 10.8. The lowest BCUT2D eigenvalue weighted by Crippen LogP contribution is -2.08. The van der Waals surface area contributed by atoms with Gasteiger partial charge in [0, 0.05) is 29.7 Å². The largest absolute Gasteiger partial charge is 0.361 e. The number of hydrogen-bond donors (Lipinski definition) is 1. The van der Waals surface area contributed by atoms with Crippen molar-refractivity contribution in [3.8, 4) is 0 Å². The predicted octanol–water partition coefficient (Wildman–Crippen LogP) is 3.66. The quantitative estimate of drug-likeness (QED) is 0.434. The van der Waals surface area contributed by atoms with E-state index < -0.39 is 0 Å². The lowest BCUT2D eigenvalue weighted by atomic mass is 10.2. The van der Waals surface area contributed by atoms with Gasteiger partial charge in [0.2, 0.25) is 4.80 Å². The van der Waals surface area contributed by atoms with Crippen molar-refractivity contribution in [2.75, 3.05) is 0 Å². The van der Waals surface area contributed by atoms with Crippen LogP contribution in [-0.2, 0) is 7.05 Å². The number of aromatic amines is 1. The third-order valence-corrected chi connectivity index (χ3v) is 4.78. The van der Waals surface area contributed by atoms with Crippen LogP contribution in [0.25, 0.3) is 21.1 Å². The molecule has 0 saturated carbocycles. The fraction of sp³-hybridized carbons (Fsp3) is 0.0588. The summed E-state index contributed by atoms with van der Waals surface area (Å²) in [6, 6.07) is 16.4. The number of H-pyrrole nitrogens is 1. The van der Waals surface area contributed by atoms with E-state index in [4.69, 9.17) is 0 Å². The second-order valence-electron chi connectivity index (χ2n) is 5.05. The number of nitrogens with zero attached hydrogens (tertiary/aromatic N) is 3. The van der Waals surface area contributed by atoms with Gasteiger partial charge in [-0.05, 0) is 18.2 Å². The van der Waals surface area contributed by atoms with Crippen molar-refractivity contribution in [3.63, 3.8) is 0 Å². The van der Waals surface area contributed by atoms with Crippen molar-refractivity contribution >= 4 is 38.7 Å². The van der Waals surface area contributed by atoms with Crippen LogP contribution in [0, 0.1) is 0 Å². The van der Waals surface area contributed by atoms with E-state index in [1.165, 1.54) is 10.2 Å². The summed E-state index contributed by atoms with van der Waals surface area (Å²) in [5.41, 5.74) is 3.33. The van der Waals surface area contributed by atoms with Crippen LogP contribution < -0.4 is 4.80 Å². The number of fused-ring (bicyclic) bond motifs is 2. The van der Waals surface area contributed by atoms with Crippen molar-refractivity contribution in [1.29, 1.82) is 0 Å². The van der Waals surface area contributed by atoms with E-state index in [0.29, 0.717) is 0 Å². The summed E-state index contributed by atoms with van der Waals surface area (Å²) in [4.78, 5) is 4.12. The molecular formula is C17H14N4S. The van der Waals surface area contributed by atoms with Crippen molar-refractivity contribution in [2.45, 2.75) is 0 Å². The molecule has 0 saturated heterocycles. The number of rotatable bonds is 2. The molecule has 4 rings (SSSR count). The SMILES string of the molecule is Cn1c(=N/N=C/c2c[nH]c3ccccc23)sc2ccccc21. The van der Waals surface area contributed by atoms with Crippen LogP contribution in [0.3, 0.4) is 0 Å². The van der Waals surface area contributed by atoms with Gasteiger partial charge in [0.25, 0.3) is 0 Å². The van der Waals surface area contributed by atoms with Crippen LogP contribution in [0.1, 0.15) is 5.56 Å². The Morgan fingerprint density at radius 1 is 1.09 bits per heavy atom. The third kappa shape index (κ3) is 2.16. The molecule has 0 aliphatic carbocycles. The Kier molecular flexibility index (Phi) is 3.12. The summed E-state index contributed by atoms with van der Waals surface area (Å²) in [5.74, 6) is 0. The van der Waals surface area contributed by atoms with Crippen LogP contribution in [0.5, 0.6) is 0 Å². The van der Waals surface area contributed by atoms with Crippen LogP contribution in [-0.4, -0.2) is 15.8 Å². The van der Waals surface area contributed by atoms with Crippen molar-refractivity contribution in [2.24, 2.45) is 17.3 Å². The maximum Gasteiger partial charge on any atom is 0.211 e.